The average molecular weight is 361 g/mol. The van der Waals surface area contributed by atoms with E-state index in [0.29, 0.717) is 37.2 Å². The third kappa shape index (κ3) is 3.13. The summed E-state index contributed by atoms with van der Waals surface area (Å²) in [4.78, 5) is 28.3. The predicted octanol–water partition coefficient (Wildman–Crippen LogP) is 1.28. The van der Waals surface area contributed by atoms with Gasteiger partial charge in [0.15, 0.2) is 0 Å². The lowest BCUT2D eigenvalue weighted by Crippen LogP contribution is -2.58. The first-order valence-corrected chi connectivity index (χ1v) is 9.53. The first-order valence-electron chi connectivity index (χ1n) is 9.53. The molecule has 1 saturated heterocycles. The summed E-state index contributed by atoms with van der Waals surface area (Å²) >= 11 is 0. The Balaban J connectivity index is 1.82. The topological polar surface area (TPSA) is 93.2 Å². The van der Waals surface area contributed by atoms with Crippen molar-refractivity contribution in [3.63, 3.8) is 0 Å². The number of hydrogen-bond donors (Lipinski definition) is 2. The minimum atomic E-state index is -0.786. The van der Waals surface area contributed by atoms with Crippen molar-refractivity contribution in [1.82, 2.24) is 20.0 Å². The van der Waals surface area contributed by atoms with Crippen molar-refractivity contribution in [2.75, 3.05) is 19.6 Å². The van der Waals surface area contributed by atoms with Crippen LogP contribution in [0.5, 0.6) is 0 Å². The predicted molar refractivity (Wildman–Crippen MR) is 99.7 cm³/mol. The van der Waals surface area contributed by atoms with Crippen LogP contribution in [-0.4, -0.2) is 51.7 Å². The van der Waals surface area contributed by atoms with Gasteiger partial charge in [0.1, 0.15) is 5.54 Å². The molecule has 2 aliphatic rings. The monoisotopic (exact) mass is 361 g/mol. The molecule has 2 amide bonds. The van der Waals surface area contributed by atoms with Crippen LogP contribution < -0.4 is 11.1 Å². The highest BCUT2D eigenvalue weighted by molar-refractivity contribution is 6.01. The van der Waals surface area contributed by atoms with E-state index in [-0.39, 0.29) is 17.2 Å². The smallest absolute Gasteiger partial charge is 0.255 e. The van der Waals surface area contributed by atoms with Crippen molar-refractivity contribution >= 4 is 11.8 Å². The molecule has 2 heterocycles. The molecule has 0 bridgehead atoms. The highest BCUT2D eigenvalue weighted by atomic mass is 16.2. The van der Waals surface area contributed by atoms with Gasteiger partial charge in [-0.3, -0.25) is 14.3 Å². The lowest BCUT2D eigenvalue weighted by Gasteiger charge is -2.34. The second kappa shape index (κ2) is 6.68. The fourth-order valence-corrected chi connectivity index (χ4v) is 4.42. The summed E-state index contributed by atoms with van der Waals surface area (Å²) < 4.78 is 1.71. The molecule has 3 N–H and O–H groups in total. The van der Waals surface area contributed by atoms with Crippen LogP contribution in [0.15, 0.2) is 0 Å². The molecule has 7 nitrogen and oxygen atoms in total. The Labute approximate surface area is 155 Å². The van der Waals surface area contributed by atoms with E-state index in [0.717, 1.165) is 31.5 Å². The summed E-state index contributed by atoms with van der Waals surface area (Å²) in [5.41, 5.74) is 7.18. The van der Waals surface area contributed by atoms with Gasteiger partial charge in [-0.15, -0.1) is 0 Å². The van der Waals surface area contributed by atoms with E-state index in [2.05, 4.69) is 17.3 Å². The molecule has 3 rings (SSSR count). The fourth-order valence-electron chi connectivity index (χ4n) is 4.42. The first kappa shape index (κ1) is 18.9. The summed E-state index contributed by atoms with van der Waals surface area (Å²) in [5.74, 6) is -0.135. The van der Waals surface area contributed by atoms with Crippen LogP contribution in [0.3, 0.4) is 0 Å². The van der Waals surface area contributed by atoms with Crippen LogP contribution in [-0.2, 0) is 11.8 Å². The highest BCUT2D eigenvalue weighted by Gasteiger charge is 2.48. The molecule has 2 fully saturated rings. The molecule has 1 aromatic heterocycles. The number of nitrogens with one attached hydrogen (secondary N) is 1. The van der Waals surface area contributed by atoms with Crippen LogP contribution >= 0.6 is 0 Å². The van der Waals surface area contributed by atoms with Gasteiger partial charge in [-0.2, -0.15) is 5.10 Å². The number of amides is 2. The molecule has 1 unspecified atom stereocenters. The minimum absolute atomic E-state index is 0.0179. The molecule has 1 aliphatic heterocycles. The maximum Gasteiger partial charge on any atom is 0.255 e. The van der Waals surface area contributed by atoms with Crippen molar-refractivity contribution in [2.24, 2.45) is 18.2 Å². The molecule has 1 aliphatic carbocycles. The largest absolute Gasteiger partial charge is 0.340 e. The Bertz CT molecular complexity index is 720. The molecule has 0 aromatic carbocycles. The summed E-state index contributed by atoms with van der Waals surface area (Å²) in [6.45, 7) is 7.80. The second-order valence-electron chi connectivity index (χ2n) is 8.40. The number of nitrogens with two attached hydrogens (primary N) is 1. The molecule has 26 heavy (non-hydrogen) atoms. The zero-order valence-electron chi connectivity index (χ0n) is 16.4. The van der Waals surface area contributed by atoms with Crippen LogP contribution in [0.4, 0.5) is 0 Å². The number of rotatable bonds is 4. The molecular formula is C19H31N5O2. The number of hydrogen-bond acceptors (Lipinski definition) is 4. The van der Waals surface area contributed by atoms with Crippen molar-refractivity contribution in [2.45, 2.75) is 58.4 Å². The Kier molecular flexibility index (Phi) is 4.86. The van der Waals surface area contributed by atoms with E-state index in [9.17, 15) is 9.59 Å². The maximum absolute atomic E-state index is 13.4. The molecule has 7 heteroatoms. The van der Waals surface area contributed by atoms with Crippen molar-refractivity contribution in [1.29, 1.82) is 0 Å². The van der Waals surface area contributed by atoms with Gasteiger partial charge in [0.2, 0.25) is 5.91 Å². The van der Waals surface area contributed by atoms with Gasteiger partial charge in [0.25, 0.3) is 5.91 Å². The Morgan fingerprint density at radius 2 is 1.88 bits per heavy atom. The fraction of sp³-hybridized carbons (Fsp3) is 0.737. The van der Waals surface area contributed by atoms with E-state index in [1.165, 1.54) is 0 Å². The Morgan fingerprint density at radius 1 is 1.23 bits per heavy atom. The number of carbonyl (C=O) groups excluding carboxylic acids is 2. The number of aromatic nitrogens is 2. The summed E-state index contributed by atoms with van der Waals surface area (Å²) in [7, 11) is 1.83. The van der Waals surface area contributed by atoms with Gasteiger partial charge in [-0.05, 0) is 45.1 Å². The van der Waals surface area contributed by atoms with Gasteiger partial charge < -0.3 is 16.0 Å². The number of likely N-dealkylation sites (tertiary alicyclic amines) is 1. The number of carbonyl (C=O) groups is 2. The third-order valence-corrected chi connectivity index (χ3v) is 6.29. The summed E-state index contributed by atoms with van der Waals surface area (Å²) in [6.07, 6.45) is 4.23. The van der Waals surface area contributed by atoms with Gasteiger partial charge in [-0.1, -0.05) is 19.8 Å². The van der Waals surface area contributed by atoms with Gasteiger partial charge in [0, 0.05) is 25.8 Å². The Morgan fingerprint density at radius 3 is 2.38 bits per heavy atom. The molecule has 1 atom stereocenters. The van der Waals surface area contributed by atoms with Crippen LogP contribution in [0, 0.1) is 19.3 Å². The second-order valence-corrected chi connectivity index (χ2v) is 8.40. The average Bonchev–Trinajstić information content (AvgIpc) is 3.28. The molecule has 0 radical (unpaired) electrons. The van der Waals surface area contributed by atoms with E-state index in [4.69, 9.17) is 5.73 Å². The first-order chi connectivity index (χ1) is 12.2. The number of nitrogens with zero attached hydrogens (tertiary/aromatic N) is 3. The van der Waals surface area contributed by atoms with E-state index in [1.54, 1.807) is 4.68 Å². The van der Waals surface area contributed by atoms with Gasteiger partial charge >= 0.3 is 0 Å². The molecule has 1 aromatic rings. The van der Waals surface area contributed by atoms with E-state index >= 15 is 0 Å². The van der Waals surface area contributed by atoms with Gasteiger partial charge in [0.05, 0.1) is 11.3 Å². The molecular weight excluding hydrogens is 330 g/mol. The summed E-state index contributed by atoms with van der Waals surface area (Å²) in [5, 5.41) is 7.44. The van der Waals surface area contributed by atoms with Gasteiger partial charge in [-0.25, -0.2) is 0 Å². The van der Waals surface area contributed by atoms with Crippen LogP contribution in [0.1, 0.15) is 60.8 Å². The zero-order chi connectivity index (χ0) is 19.1. The third-order valence-electron chi connectivity index (χ3n) is 6.29. The molecule has 1 saturated carbocycles. The minimum Gasteiger partial charge on any atom is -0.340 e. The normalized spacial score (nSPS) is 24.9. The van der Waals surface area contributed by atoms with Crippen LogP contribution in [0.2, 0.25) is 0 Å². The van der Waals surface area contributed by atoms with Crippen molar-refractivity contribution < 1.29 is 9.59 Å². The SMILES string of the molecule is Cc1nn(C)c(C)c1C(=O)NC1(C(=O)N2CCC(C)(CN)C2)CCCC1. The standard InChI is InChI=1S/C19H31N5O2/c1-13-15(14(2)23(4)22-13)16(25)21-19(7-5-6-8-19)17(26)24-10-9-18(3,11-20)12-24/h5-12,20H2,1-4H3,(H,21,25). The summed E-state index contributed by atoms with van der Waals surface area (Å²) in [6, 6.07) is 0. The van der Waals surface area contributed by atoms with E-state index in [1.807, 2.05) is 25.8 Å². The van der Waals surface area contributed by atoms with Crippen molar-refractivity contribution in [3.8, 4) is 0 Å². The number of aryl methyl sites for hydroxylation is 2. The van der Waals surface area contributed by atoms with Crippen molar-refractivity contribution in [3.05, 3.63) is 17.0 Å². The van der Waals surface area contributed by atoms with E-state index < -0.39 is 5.54 Å². The lowest BCUT2D eigenvalue weighted by atomic mass is 9.90. The van der Waals surface area contributed by atoms with Crippen LogP contribution in [0.25, 0.3) is 0 Å². The molecule has 0 spiro atoms. The highest BCUT2D eigenvalue weighted by Crippen LogP contribution is 2.36. The molecule has 144 valence electrons. The maximum atomic E-state index is 13.4. The quantitative estimate of drug-likeness (QED) is 0.845. The Hall–Kier alpha value is -1.89. The zero-order valence-corrected chi connectivity index (χ0v) is 16.4. The lowest BCUT2D eigenvalue weighted by molar-refractivity contribution is -0.137.